The molecule has 20 heavy (non-hydrogen) atoms. The smallest absolute Gasteiger partial charge is 0.335 e. The van der Waals surface area contributed by atoms with Gasteiger partial charge in [0.15, 0.2) is 0 Å². The van der Waals surface area contributed by atoms with Crippen molar-refractivity contribution in [2.24, 2.45) is 0 Å². The van der Waals surface area contributed by atoms with Gasteiger partial charge in [-0.3, -0.25) is 4.21 Å². The minimum absolute atomic E-state index is 0.0439. The minimum atomic E-state index is -1.54. The number of carboxylic acids is 1. The topological polar surface area (TPSA) is 54.4 Å². The zero-order chi connectivity index (χ0) is 14.7. The molecule has 2 rings (SSSR count). The van der Waals surface area contributed by atoms with E-state index in [0.717, 1.165) is 0 Å². The fraction of sp³-hybridized carbons (Fsp3) is 0.0714. The van der Waals surface area contributed by atoms with Crippen molar-refractivity contribution < 1.29 is 18.5 Å². The van der Waals surface area contributed by atoms with Crippen LogP contribution in [0.25, 0.3) is 0 Å². The summed E-state index contributed by atoms with van der Waals surface area (Å²) in [7, 11) is -1.54. The largest absolute Gasteiger partial charge is 0.478 e. The number of hydrogen-bond acceptors (Lipinski definition) is 2. The maximum Gasteiger partial charge on any atom is 0.335 e. The molecule has 2 aromatic carbocycles. The Bertz CT molecular complexity index is 688. The van der Waals surface area contributed by atoms with Gasteiger partial charge in [0.2, 0.25) is 0 Å². The van der Waals surface area contributed by atoms with E-state index >= 15 is 0 Å². The molecule has 3 nitrogen and oxygen atoms in total. The molecule has 0 amide bonds. The molecule has 1 atom stereocenters. The van der Waals surface area contributed by atoms with Gasteiger partial charge in [0.05, 0.1) is 22.1 Å². The zero-order valence-electron chi connectivity index (χ0n) is 10.2. The molecule has 0 bridgehead atoms. The molecule has 2 aromatic rings. The van der Waals surface area contributed by atoms with Crippen molar-refractivity contribution in [1.82, 2.24) is 0 Å². The van der Waals surface area contributed by atoms with Crippen LogP contribution in [0.2, 0.25) is 5.02 Å². The van der Waals surface area contributed by atoms with Crippen LogP contribution in [0.4, 0.5) is 4.39 Å². The first kappa shape index (κ1) is 14.7. The summed E-state index contributed by atoms with van der Waals surface area (Å²) < 4.78 is 25.7. The summed E-state index contributed by atoms with van der Waals surface area (Å²) in [5.74, 6) is -1.65. The molecule has 0 aliphatic carbocycles. The number of rotatable bonds is 4. The molecule has 6 heteroatoms. The highest BCUT2D eigenvalue weighted by Crippen LogP contribution is 2.19. The maximum atomic E-state index is 13.6. The molecule has 0 saturated carbocycles. The molecular formula is C14H10ClFO3S. The number of aromatic carboxylic acids is 1. The molecule has 0 aliphatic rings. The maximum absolute atomic E-state index is 13.6. The van der Waals surface area contributed by atoms with E-state index in [0.29, 0.717) is 9.92 Å². The zero-order valence-corrected chi connectivity index (χ0v) is 11.7. The average molecular weight is 313 g/mol. The van der Waals surface area contributed by atoms with Crippen molar-refractivity contribution in [3.63, 3.8) is 0 Å². The first-order valence-electron chi connectivity index (χ1n) is 5.63. The van der Waals surface area contributed by atoms with Crippen LogP contribution in [-0.2, 0) is 16.6 Å². The molecule has 104 valence electrons. The standard InChI is InChI=1S/C14H10ClFO3S/c15-11-4-5-13(16)10(6-11)8-20(19)12-3-1-2-9(7-12)14(17)18/h1-7H,8H2,(H,17,18). The lowest BCUT2D eigenvalue weighted by atomic mass is 10.2. The summed E-state index contributed by atoms with van der Waals surface area (Å²) in [5.41, 5.74) is 0.277. The molecular weight excluding hydrogens is 303 g/mol. The van der Waals surface area contributed by atoms with Crippen molar-refractivity contribution in [3.8, 4) is 0 Å². The van der Waals surface area contributed by atoms with E-state index in [4.69, 9.17) is 16.7 Å². The van der Waals surface area contributed by atoms with Crippen LogP contribution in [0.3, 0.4) is 0 Å². The number of carbonyl (C=O) groups is 1. The van der Waals surface area contributed by atoms with E-state index in [1.165, 1.54) is 36.4 Å². The van der Waals surface area contributed by atoms with Gasteiger partial charge in [0, 0.05) is 15.5 Å². The fourth-order valence-corrected chi connectivity index (χ4v) is 3.00. The van der Waals surface area contributed by atoms with Crippen LogP contribution in [-0.4, -0.2) is 15.3 Å². The summed E-state index contributed by atoms with van der Waals surface area (Å²) >= 11 is 5.77. The molecule has 0 spiro atoms. The molecule has 0 saturated heterocycles. The highest BCUT2D eigenvalue weighted by Gasteiger charge is 2.12. The van der Waals surface area contributed by atoms with Gasteiger partial charge < -0.3 is 5.11 Å². The van der Waals surface area contributed by atoms with Crippen molar-refractivity contribution in [3.05, 3.63) is 64.4 Å². The van der Waals surface area contributed by atoms with Crippen LogP contribution in [0.15, 0.2) is 47.4 Å². The van der Waals surface area contributed by atoms with Crippen LogP contribution in [0.1, 0.15) is 15.9 Å². The molecule has 0 radical (unpaired) electrons. The Hall–Kier alpha value is -1.72. The van der Waals surface area contributed by atoms with E-state index in [1.807, 2.05) is 0 Å². The predicted molar refractivity (Wildman–Crippen MR) is 74.9 cm³/mol. The van der Waals surface area contributed by atoms with Crippen LogP contribution < -0.4 is 0 Å². The number of carboxylic acid groups (broad SMARTS) is 1. The SMILES string of the molecule is O=C(O)c1cccc(S(=O)Cc2cc(Cl)ccc2F)c1. The first-order valence-corrected chi connectivity index (χ1v) is 7.33. The Labute approximate surface area is 122 Å². The van der Waals surface area contributed by atoms with Gasteiger partial charge >= 0.3 is 5.97 Å². The van der Waals surface area contributed by atoms with Gasteiger partial charge in [0.1, 0.15) is 5.82 Å². The lowest BCUT2D eigenvalue weighted by Gasteiger charge is -2.05. The normalized spacial score (nSPS) is 12.1. The summed E-state index contributed by atoms with van der Waals surface area (Å²) in [5, 5.41) is 9.24. The number of benzene rings is 2. The number of hydrogen-bond donors (Lipinski definition) is 1. The van der Waals surface area contributed by atoms with E-state index < -0.39 is 22.6 Å². The first-order chi connectivity index (χ1) is 9.47. The third-order valence-electron chi connectivity index (χ3n) is 2.64. The van der Waals surface area contributed by atoms with Gasteiger partial charge in [-0.05, 0) is 36.4 Å². The summed E-state index contributed by atoms with van der Waals surface area (Å²) in [6.07, 6.45) is 0. The summed E-state index contributed by atoms with van der Waals surface area (Å²) in [6.45, 7) is 0. The van der Waals surface area contributed by atoms with Crippen molar-refractivity contribution >= 4 is 28.4 Å². The Morgan fingerprint density at radius 1 is 1.25 bits per heavy atom. The Morgan fingerprint density at radius 3 is 2.70 bits per heavy atom. The Morgan fingerprint density at radius 2 is 2.00 bits per heavy atom. The molecule has 0 heterocycles. The summed E-state index contributed by atoms with van der Waals surface area (Å²) in [6, 6.07) is 9.81. The van der Waals surface area contributed by atoms with Crippen molar-refractivity contribution in [2.45, 2.75) is 10.6 Å². The second-order valence-electron chi connectivity index (χ2n) is 4.06. The van der Waals surface area contributed by atoms with Crippen LogP contribution in [0.5, 0.6) is 0 Å². The third kappa shape index (κ3) is 3.43. The molecule has 1 unspecified atom stereocenters. The molecule has 1 N–H and O–H groups in total. The fourth-order valence-electron chi connectivity index (χ4n) is 1.65. The predicted octanol–water partition coefficient (Wildman–Crippen LogP) is 3.49. The van der Waals surface area contributed by atoms with Gasteiger partial charge in [-0.15, -0.1) is 0 Å². The monoisotopic (exact) mass is 312 g/mol. The van der Waals surface area contributed by atoms with E-state index in [-0.39, 0.29) is 16.9 Å². The average Bonchev–Trinajstić information content (AvgIpc) is 2.43. The Balaban J connectivity index is 2.26. The molecule has 0 aromatic heterocycles. The van der Waals surface area contributed by atoms with Gasteiger partial charge in [-0.1, -0.05) is 17.7 Å². The van der Waals surface area contributed by atoms with Crippen LogP contribution >= 0.6 is 11.6 Å². The summed E-state index contributed by atoms with van der Waals surface area (Å²) in [4.78, 5) is 11.2. The molecule has 0 aliphatic heterocycles. The quantitative estimate of drug-likeness (QED) is 0.940. The van der Waals surface area contributed by atoms with E-state index in [2.05, 4.69) is 0 Å². The van der Waals surface area contributed by atoms with Crippen molar-refractivity contribution in [1.29, 1.82) is 0 Å². The highest BCUT2D eigenvalue weighted by atomic mass is 35.5. The van der Waals surface area contributed by atoms with Crippen LogP contribution in [0, 0.1) is 5.82 Å². The van der Waals surface area contributed by atoms with Gasteiger partial charge in [-0.25, -0.2) is 9.18 Å². The number of halogens is 2. The van der Waals surface area contributed by atoms with Gasteiger partial charge in [-0.2, -0.15) is 0 Å². The second-order valence-corrected chi connectivity index (χ2v) is 5.95. The second kappa shape index (κ2) is 6.15. The lowest BCUT2D eigenvalue weighted by Crippen LogP contribution is -2.02. The molecule has 0 fully saturated rings. The van der Waals surface area contributed by atoms with E-state index in [1.54, 1.807) is 6.07 Å². The third-order valence-corrected chi connectivity index (χ3v) is 4.23. The highest BCUT2D eigenvalue weighted by molar-refractivity contribution is 7.84. The lowest BCUT2D eigenvalue weighted by molar-refractivity contribution is 0.0696. The van der Waals surface area contributed by atoms with E-state index in [9.17, 15) is 13.4 Å². The van der Waals surface area contributed by atoms with Gasteiger partial charge in [0.25, 0.3) is 0 Å². The van der Waals surface area contributed by atoms with Crippen molar-refractivity contribution in [2.75, 3.05) is 0 Å². The minimum Gasteiger partial charge on any atom is -0.478 e. The Kier molecular flexibility index (Phi) is 4.52.